The second-order valence-electron chi connectivity index (χ2n) is 2.51. The van der Waals surface area contributed by atoms with Crippen LogP contribution >= 0.6 is 0 Å². The van der Waals surface area contributed by atoms with Crippen LogP contribution in [0.25, 0.3) is 0 Å². The fraction of sp³-hybridized carbons (Fsp3) is 0.167. The summed E-state index contributed by atoms with van der Waals surface area (Å²) in [4.78, 5) is 38.0. The maximum atomic E-state index is 10.8. The van der Waals surface area contributed by atoms with E-state index in [0.29, 0.717) is 4.73 Å². The number of aromatic amines is 1. The van der Waals surface area contributed by atoms with Gasteiger partial charge in [-0.2, -0.15) is 0 Å². The van der Waals surface area contributed by atoms with E-state index in [1.54, 1.807) is 0 Å². The van der Waals surface area contributed by atoms with Gasteiger partial charge in [-0.1, -0.05) is 0 Å². The molecule has 0 unspecified atom stereocenters. The van der Waals surface area contributed by atoms with Crippen molar-refractivity contribution in [2.75, 3.05) is 0 Å². The number of aromatic nitrogens is 2. The fourth-order valence-corrected chi connectivity index (χ4v) is 0.616. The summed E-state index contributed by atoms with van der Waals surface area (Å²) in [7, 11) is -6.00. The molecular formula is C6H6BF4N2O4-. The Morgan fingerprint density at radius 2 is 1.82 bits per heavy atom. The molecule has 0 radical (unpaired) electrons. The Balaban J connectivity index is 0.000000437. The summed E-state index contributed by atoms with van der Waals surface area (Å²) in [6.07, 6.45) is 1.07. The van der Waals surface area contributed by atoms with E-state index in [1.807, 2.05) is 4.98 Å². The first-order chi connectivity index (χ1) is 7.59. The first-order valence-corrected chi connectivity index (χ1v) is 3.98. The van der Waals surface area contributed by atoms with E-state index in [1.165, 1.54) is 0 Å². The highest BCUT2D eigenvalue weighted by molar-refractivity contribution is 6.50. The van der Waals surface area contributed by atoms with E-state index in [-0.39, 0.29) is 0 Å². The number of nitrogens with zero attached hydrogens (tertiary/aromatic N) is 1. The van der Waals surface area contributed by atoms with Crippen LogP contribution in [0.5, 0.6) is 0 Å². The molecule has 0 atom stereocenters. The smallest absolute Gasteiger partial charge is 0.418 e. The van der Waals surface area contributed by atoms with Crippen molar-refractivity contribution in [1.29, 1.82) is 0 Å². The molecular weight excluding hydrogens is 251 g/mol. The minimum Gasteiger partial charge on any atom is -0.418 e. The summed E-state index contributed by atoms with van der Waals surface area (Å²) in [5.74, 6) is -0.635. The zero-order valence-corrected chi connectivity index (χ0v) is 8.32. The lowest BCUT2D eigenvalue weighted by atomic mass is 10.3. The van der Waals surface area contributed by atoms with Crippen LogP contribution in [0.4, 0.5) is 17.3 Å². The van der Waals surface area contributed by atoms with Gasteiger partial charge in [-0.3, -0.25) is 9.78 Å². The fourth-order valence-electron chi connectivity index (χ4n) is 0.616. The van der Waals surface area contributed by atoms with Crippen molar-refractivity contribution in [3.05, 3.63) is 33.1 Å². The molecule has 0 saturated heterocycles. The predicted octanol–water partition coefficient (Wildman–Crippen LogP) is -0.188. The summed E-state index contributed by atoms with van der Waals surface area (Å²) >= 11 is 0. The molecule has 1 aromatic rings. The van der Waals surface area contributed by atoms with Gasteiger partial charge < -0.3 is 22.1 Å². The summed E-state index contributed by atoms with van der Waals surface area (Å²) in [6, 6.07) is 1.07. The first-order valence-electron chi connectivity index (χ1n) is 3.98. The molecule has 0 aliphatic carbocycles. The monoisotopic (exact) mass is 257 g/mol. The van der Waals surface area contributed by atoms with Gasteiger partial charge in [0.05, 0.1) is 6.20 Å². The largest absolute Gasteiger partial charge is 0.673 e. The minimum atomic E-state index is -6.00. The van der Waals surface area contributed by atoms with Crippen LogP contribution in [-0.2, 0) is 4.79 Å². The van der Waals surface area contributed by atoms with E-state index < -0.39 is 24.5 Å². The van der Waals surface area contributed by atoms with Gasteiger partial charge in [0.15, 0.2) is 0 Å². The molecule has 0 fully saturated rings. The number of carbonyl (C=O) groups is 1. The van der Waals surface area contributed by atoms with Gasteiger partial charge in [0, 0.05) is 13.0 Å². The maximum absolute atomic E-state index is 10.8. The van der Waals surface area contributed by atoms with Gasteiger partial charge in [-0.15, -0.1) is 4.73 Å². The quantitative estimate of drug-likeness (QED) is 0.558. The van der Waals surface area contributed by atoms with Crippen molar-refractivity contribution < 1.29 is 26.9 Å². The van der Waals surface area contributed by atoms with E-state index in [9.17, 15) is 31.6 Å². The Labute approximate surface area is 90.9 Å². The first kappa shape index (κ1) is 14.9. The Morgan fingerprint density at radius 1 is 1.35 bits per heavy atom. The molecule has 0 aliphatic rings. The van der Waals surface area contributed by atoms with Crippen LogP contribution in [0, 0.1) is 0 Å². The molecule has 0 bridgehead atoms. The zero-order valence-electron chi connectivity index (χ0n) is 8.32. The maximum Gasteiger partial charge on any atom is 0.673 e. The lowest BCUT2D eigenvalue weighted by Crippen LogP contribution is -2.34. The average molecular weight is 257 g/mol. The normalized spacial score (nSPS) is 10.2. The number of rotatable bonds is 1. The van der Waals surface area contributed by atoms with Crippen LogP contribution in [0.1, 0.15) is 6.92 Å². The number of hydrogen-bond donors (Lipinski definition) is 1. The van der Waals surface area contributed by atoms with E-state index in [2.05, 4.69) is 4.84 Å². The SMILES string of the molecule is CC(=O)On1ccc(=O)[nH]c1=O.F[B-](F)(F)F. The highest BCUT2D eigenvalue weighted by Gasteiger charge is 2.20. The van der Waals surface area contributed by atoms with Gasteiger partial charge in [0.1, 0.15) is 0 Å². The molecule has 0 saturated carbocycles. The molecule has 6 nitrogen and oxygen atoms in total. The summed E-state index contributed by atoms with van der Waals surface area (Å²) < 4.78 is 39.6. The third-order valence-electron chi connectivity index (χ3n) is 1.02. The molecule has 1 N–H and O–H groups in total. The van der Waals surface area contributed by atoms with Crippen molar-refractivity contribution in [2.24, 2.45) is 0 Å². The standard InChI is InChI=1S/C6H6N2O4.BF4/c1-4(9)12-8-3-2-5(10)7-6(8)11;2-1(3,4)5/h2-3H,1H3,(H,7,10,11);/q;-1. The summed E-state index contributed by atoms with van der Waals surface area (Å²) in [5, 5.41) is 0. The summed E-state index contributed by atoms with van der Waals surface area (Å²) in [6.45, 7) is 1.15. The molecule has 17 heavy (non-hydrogen) atoms. The van der Waals surface area contributed by atoms with E-state index >= 15 is 0 Å². The number of halogens is 4. The van der Waals surface area contributed by atoms with Gasteiger partial charge >= 0.3 is 18.9 Å². The van der Waals surface area contributed by atoms with Crippen LogP contribution in [0.3, 0.4) is 0 Å². The zero-order chi connectivity index (χ0) is 13.6. The van der Waals surface area contributed by atoms with Crippen molar-refractivity contribution in [3.63, 3.8) is 0 Å². The molecule has 96 valence electrons. The van der Waals surface area contributed by atoms with Crippen molar-refractivity contribution >= 4 is 13.2 Å². The second kappa shape index (κ2) is 5.87. The van der Waals surface area contributed by atoms with Gasteiger partial charge in [-0.05, 0) is 0 Å². The van der Waals surface area contributed by atoms with Crippen LogP contribution in [0.2, 0.25) is 0 Å². The van der Waals surface area contributed by atoms with E-state index in [0.717, 1.165) is 19.2 Å². The highest BCUT2D eigenvalue weighted by Crippen LogP contribution is 2.06. The van der Waals surface area contributed by atoms with Gasteiger partial charge in [0.25, 0.3) is 5.56 Å². The molecule has 0 spiro atoms. The van der Waals surface area contributed by atoms with Gasteiger partial charge in [0.2, 0.25) is 0 Å². The Morgan fingerprint density at radius 3 is 2.18 bits per heavy atom. The Hall–Kier alpha value is -2.07. The second-order valence-corrected chi connectivity index (χ2v) is 2.51. The highest BCUT2D eigenvalue weighted by atomic mass is 19.5. The van der Waals surface area contributed by atoms with E-state index in [4.69, 9.17) is 0 Å². The molecule has 1 heterocycles. The number of nitrogens with one attached hydrogen (secondary N) is 1. The number of hydrogen-bond acceptors (Lipinski definition) is 4. The van der Waals surface area contributed by atoms with Crippen LogP contribution < -0.4 is 16.1 Å². The Bertz CT molecular complexity index is 488. The third kappa shape index (κ3) is 8.90. The predicted molar refractivity (Wildman–Crippen MR) is 48.8 cm³/mol. The molecule has 0 aromatic carbocycles. The lowest BCUT2D eigenvalue weighted by Gasteiger charge is -2.00. The topological polar surface area (TPSA) is 81.2 Å². The van der Waals surface area contributed by atoms with Crippen molar-refractivity contribution in [2.45, 2.75) is 6.92 Å². The van der Waals surface area contributed by atoms with Crippen LogP contribution in [0.15, 0.2) is 21.9 Å². The van der Waals surface area contributed by atoms with Crippen molar-refractivity contribution in [1.82, 2.24) is 9.71 Å². The number of H-pyrrole nitrogens is 1. The molecule has 0 amide bonds. The van der Waals surface area contributed by atoms with Crippen molar-refractivity contribution in [3.8, 4) is 0 Å². The molecule has 0 aliphatic heterocycles. The molecule has 1 aromatic heterocycles. The third-order valence-corrected chi connectivity index (χ3v) is 1.02. The minimum absolute atomic E-state index is 0.539. The average Bonchev–Trinajstić information content (AvgIpc) is 2.06. The molecule has 1 rings (SSSR count). The lowest BCUT2D eigenvalue weighted by molar-refractivity contribution is -0.142. The number of carbonyl (C=O) groups excluding carboxylic acids is 1. The summed E-state index contributed by atoms with van der Waals surface area (Å²) in [5.41, 5.74) is -1.32. The Kier molecular flexibility index (Phi) is 5.15. The molecule has 11 heteroatoms. The van der Waals surface area contributed by atoms with Crippen LogP contribution in [-0.4, -0.2) is 22.9 Å². The van der Waals surface area contributed by atoms with Gasteiger partial charge in [-0.25, -0.2) is 9.59 Å².